The van der Waals surface area contributed by atoms with Crippen molar-refractivity contribution >= 4 is 0 Å². The van der Waals surface area contributed by atoms with Crippen LogP contribution in [0.15, 0.2) is 0 Å². The highest BCUT2D eigenvalue weighted by Gasteiger charge is -0.0775. The largest absolute Gasteiger partial charge is 0.412 e. The molecule has 0 bridgehead atoms. The first-order chi connectivity index (χ1) is 7.07. The van der Waals surface area contributed by atoms with Gasteiger partial charge in [0, 0.05) is 0 Å². The average Bonchev–Trinajstić information content (AvgIpc) is 2.09. The fraction of sp³-hybridized carbons (Fsp3) is 1.00. The summed E-state index contributed by atoms with van der Waals surface area (Å²) < 4.78 is 53.8. The summed E-state index contributed by atoms with van der Waals surface area (Å²) in [5, 5.41) is 0. The Hall–Kier alpha value is -0.200. The first kappa shape index (κ1) is 1.39. The lowest BCUT2D eigenvalue weighted by Crippen LogP contribution is -0.290. The Bertz CT molecular complexity index is 30.8. The minimum Gasteiger partial charge on any atom is -0.412 e. The molecule has 0 aliphatic rings. The van der Waals surface area contributed by atoms with Gasteiger partial charge in [0.1, 0.15) is 0 Å². The summed E-state index contributed by atoms with van der Waals surface area (Å²) in [5.74, 6) is 0. The molecule has 0 unspecified atom stereocenters. The third-order valence-electron chi connectivity index (χ3n) is 0. The molecule has 0 rings (SSSR count). The van der Waals surface area contributed by atoms with Gasteiger partial charge in [0.25, 0.3) is 0 Å². The van der Waals surface area contributed by atoms with E-state index in [9.17, 15) is 0 Å². The van der Waals surface area contributed by atoms with E-state index in [1.165, 1.54) is 0 Å². The van der Waals surface area contributed by atoms with Crippen molar-refractivity contribution in [3.8, 4) is 0 Å². The maximum absolute atomic E-state index is 5.38. The van der Waals surface area contributed by atoms with Crippen molar-refractivity contribution in [2.75, 3.05) is 0 Å². The van der Waals surface area contributed by atoms with Crippen molar-refractivity contribution in [2.45, 2.75) is 7.43 Å². The second kappa shape index (κ2) is 1730. The molecule has 0 amide bonds. The fourth-order valence-electron chi connectivity index (χ4n) is 0. The van der Waals surface area contributed by atoms with Crippen LogP contribution in [0.2, 0.25) is 0 Å². The van der Waals surface area contributed by atoms with Crippen LogP contribution in [0, 0.1) is 0 Å². The lowest BCUT2D eigenvalue weighted by molar-refractivity contribution is 0.823. The standard InChI is InChI=1S/CH4.5H2O/h1H4;5*1H2/i/hT6D4. The molecule has 5 heteroatoms. The van der Waals surface area contributed by atoms with Crippen molar-refractivity contribution in [1.82, 2.24) is 0 Å². The molecule has 0 heterocycles. The van der Waals surface area contributed by atoms with E-state index in [4.69, 9.17) is 14.3 Å². The molecular weight excluding hydrogens is 92.0 g/mol. The van der Waals surface area contributed by atoms with Gasteiger partial charge in [-0.3, -0.25) is 0 Å². The summed E-state index contributed by atoms with van der Waals surface area (Å²) in [7, 11) is 0. The predicted octanol–water partition coefficient (Wildman–Crippen LogP) is -3.49. The molecule has 0 aromatic heterocycles. The van der Waals surface area contributed by atoms with Crippen LogP contribution in [0.5, 0.6) is 0 Å². The fourth-order valence-corrected chi connectivity index (χ4v) is 0. The van der Waals surface area contributed by atoms with Gasteiger partial charge in [-0.2, -0.15) is 0 Å². The van der Waals surface area contributed by atoms with Gasteiger partial charge in [-0.25, -0.2) is 0 Å². The molecule has 0 spiro atoms. The van der Waals surface area contributed by atoms with Crippen LogP contribution < -0.4 is 0 Å². The second-order valence-corrected chi connectivity index (χ2v) is 0. The van der Waals surface area contributed by atoms with E-state index in [1.807, 2.05) is 0 Å². The van der Waals surface area contributed by atoms with E-state index in [2.05, 4.69) is 27.4 Å². The van der Waals surface area contributed by atoms with Gasteiger partial charge in [-0.15, -0.1) is 0 Å². The van der Waals surface area contributed by atoms with Crippen LogP contribution in [-0.4, -0.2) is 41.7 Å². The Balaban J connectivity index is -0.0000000192. The van der Waals surface area contributed by atoms with E-state index < -0.39 is 0 Å². The third-order valence-corrected chi connectivity index (χ3v) is 0. The van der Waals surface area contributed by atoms with E-state index in [0.717, 1.165) is 0 Å². The summed E-state index contributed by atoms with van der Waals surface area (Å²) >= 11 is 0. The van der Waals surface area contributed by atoms with E-state index in [0.29, 0.717) is 0 Å². The van der Waals surface area contributed by atoms with Crippen molar-refractivity contribution in [2.24, 2.45) is 0 Å². The topological polar surface area (TPSA) is 158 Å². The minimum atomic E-state index is 0. The lowest BCUT2D eigenvalue weighted by atomic mass is 12.0. The molecule has 0 aliphatic carbocycles. The molecule has 0 aliphatic heterocycles. The van der Waals surface area contributed by atoms with Crippen molar-refractivity contribution in [1.29, 1.82) is 14.3 Å². The van der Waals surface area contributed by atoms with Gasteiger partial charge in [0.15, 0.2) is 0 Å². The van der Waals surface area contributed by atoms with Crippen LogP contribution in [0.1, 0.15) is 7.43 Å². The number of hydrogen-bond acceptors (Lipinski definition) is 0. The smallest absolute Gasteiger partial charge is 0.206 e. The van der Waals surface area contributed by atoms with Crippen LogP contribution >= 0.6 is 0 Å². The van der Waals surface area contributed by atoms with Gasteiger partial charge in [-0.05, 0) is 0 Å². The second-order valence-electron chi connectivity index (χ2n) is 0. The normalized spacial score (nSPS) is 16.7. The third kappa shape index (κ3) is 745. The minimum absolute atomic E-state index is 0. The highest BCUT2D eigenvalue weighted by molar-refractivity contribution is 2.50. The monoisotopic (exact) mass is 122 g/mol. The molecule has 5 nitrogen and oxygen atoms in total. The first-order valence-corrected chi connectivity index (χ1v) is 0. The zero-order chi connectivity index (χ0) is 13.5. The summed E-state index contributed by atoms with van der Waals surface area (Å²) in [4.78, 5) is 0. The SMILES string of the molecule is C.[2H]O[2H].[2H]O[2H].[3H]O[3H].[3H]O[3H].[3H]O[3H]. The Morgan fingerprint density at radius 2 is 1.33 bits per heavy atom. The summed E-state index contributed by atoms with van der Waals surface area (Å²) in [5.41, 5.74) is 13.8. The molecule has 0 fully saturated rings. The predicted molar refractivity (Wildman–Crippen MR) is 24.8 cm³/mol. The Kier molecular flexibility index (Phi) is 402. The molecule has 0 saturated heterocycles. The van der Waals surface area contributed by atoms with Gasteiger partial charge in [0.05, 0.1) is 0 Å². The van der Waals surface area contributed by atoms with Gasteiger partial charge in [0.2, 0.25) is 14.3 Å². The molecule has 0 aromatic carbocycles. The Labute approximate surface area is 51.1 Å². The Morgan fingerprint density at radius 1 is 1.33 bits per heavy atom. The van der Waals surface area contributed by atoms with Gasteiger partial charge < -0.3 is 27.4 Å². The van der Waals surface area contributed by atoms with Crippen molar-refractivity contribution in [3.63, 3.8) is 0 Å². The molecule has 6 heavy (non-hydrogen) atoms. The number of hydrogen-bond donors (Lipinski definition) is 0. The first-order valence-electron chi connectivity index (χ1n) is 4.08. The van der Waals surface area contributed by atoms with Crippen LogP contribution in [0.3, 0.4) is 0 Å². The molecule has 0 aromatic rings. The van der Waals surface area contributed by atoms with Crippen molar-refractivity contribution < 1.29 is 27.4 Å². The van der Waals surface area contributed by atoms with Crippen molar-refractivity contribution in [3.05, 3.63) is 0 Å². The molecule has 10 N–H and O–H groups in total. The summed E-state index contributed by atoms with van der Waals surface area (Å²) in [6.07, 6.45) is 0. The summed E-state index contributed by atoms with van der Waals surface area (Å²) in [6.45, 7) is 0. The molecule has 0 saturated carbocycles. The highest BCUT2D eigenvalue weighted by atomic mass is 16.0. The Morgan fingerprint density at radius 3 is 1.33 bits per heavy atom. The quantitative estimate of drug-likeness (QED) is 0.312. The maximum atomic E-state index is 5.38. The summed E-state index contributed by atoms with van der Waals surface area (Å²) in [6, 6.07) is 0. The molecule has 0 atom stereocenters. The van der Waals surface area contributed by atoms with Crippen LogP contribution in [0.4, 0.5) is 0 Å². The maximum Gasteiger partial charge on any atom is 0.206 e. The van der Waals surface area contributed by atoms with E-state index in [1.54, 1.807) is 0 Å². The zero-order valence-electron chi connectivity index (χ0n) is 12.0. The van der Waals surface area contributed by atoms with E-state index in [-0.39, 0.29) is 7.43 Å². The van der Waals surface area contributed by atoms with Crippen LogP contribution in [-0.2, 0) is 0 Å². The van der Waals surface area contributed by atoms with Gasteiger partial charge in [-0.1, -0.05) is 7.43 Å². The van der Waals surface area contributed by atoms with E-state index >= 15 is 0 Å². The molecule has 0 radical (unpaired) electrons. The lowest BCUT2D eigenvalue weighted by Gasteiger charge is -0.413. The zero-order valence-corrected chi connectivity index (χ0v) is 2.04. The molecular formula is CH14O5. The molecule has 48 valence electrons. The van der Waals surface area contributed by atoms with Crippen LogP contribution in [0.25, 0.3) is 0 Å². The van der Waals surface area contributed by atoms with Gasteiger partial charge >= 0.3 is 0 Å². The average molecular weight is 122 g/mol. The number of rotatable bonds is 0. The highest BCUT2D eigenvalue weighted by Crippen LogP contribution is 0.144.